The summed E-state index contributed by atoms with van der Waals surface area (Å²) < 4.78 is 0. The molecule has 0 aromatic carbocycles. The van der Waals surface area contributed by atoms with E-state index >= 15 is 0 Å². The Kier molecular flexibility index (Phi) is 3.16. The molecule has 1 aliphatic heterocycles. The van der Waals surface area contributed by atoms with Crippen molar-refractivity contribution in [3.05, 3.63) is 44.7 Å². The van der Waals surface area contributed by atoms with E-state index in [0.29, 0.717) is 16.4 Å². The molecule has 0 bridgehead atoms. The van der Waals surface area contributed by atoms with Crippen molar-refractivity contribution in [2.75, 3.05) is 11.4 Å². The van der Waals surface area contributed by atoms with Crippen LogP contribution in [0, 0.1) is 5.41 Å². The first-order valence-corrected chi connectivity index (χ1v) is 7.21. The molecule has 0 radical (unpaired) electrons. The largest absolute Gasteiger partial charge is 0.384 e. The Morgan fingerprint density at radius 2 is 2.32 bits per heavy atom. The molecular formula is C13H13ClN4S. The first-order valence-electron chi connectivity index (χ1n) is 5.96. The quantitative estimate of drug-likeness (QED) is 0.660. The van der Waals surface area contributed by atoms with Gasteiger partial charge in [-0.15, -0.1) is 11.3 Å². The molecule has 2 aromatic heterocycles. The van der Waals surface area contributed by atoms with Gasteiger partial charge in [-0.25, -0.2) is 4.98 Å². The molecule has 6 heteroatoms. The van der Waals surface area contributed by atoms with Crippen molar-refractivity contribution in [2.45, 2.75) is 13.0 Å². The van der Waals surface area contributed by atoms with Crippen LogP contribution in [0.2, 0.25) is 5.02 Å². The molecule has 3 N–H and O–H groups in total. The Balaban J connectivity index is 1.96. The fourth-order valence-corrected chi connectivity index (χ4v) is 3.51. The third-order valence-corrected chi connectivity index (χ3v) is 4.66. The van der Waals surface area contributed by atoms with E-state index in [1.807, 2.05) is 0 Å². The minimum atomic E-state index is -0.0260. The number of anilines is 1. The van der Waals surface area contributed by atoms with Crippen LogP contribution < -0.4 is 10.6 Å². The zero-order valence-corrected chi connectivity index (χ0v) is 11.8. The van der Waals surface area contributed by atoms with Gasteiger partial charge in [0.15, 0.2) is 0 Å². The summed E-state index contributed by atoms with van der Waals surface area (Å²) in [6.45, 7) is 1.70. The van der Waals surface area contributed by atoms with Crippen LogP contribution in [0.4, 0.5) is 5.82 Å². The van der Waals surface area contributed by atoms with E-state index in [-0.39, 0.29) is 5.84 Å². The third-order valence-electron chi connectivity index (χ3n) is 3.27. The number of halogens is 1. The van der Waals surface area contributed by atoms with Crippen LogP contribution in [0.3, 0.4) is 0 Å². The Hall–Kier alpha value is -1.59. The van der Waals surface area contributed by atoms with Crippen molar-refractivity contribution in [1.29, 1.82) is 5.41 Å². The molecule has 0 atom stereocenters. The molecule has 0 aliphatic carbocycles. The third kappa shape index (κ3) is 2.19. The molecular weight excluding hydrogens is 280 g/mol. The average molecular weight is 293 g/mol. The van der Waals surface area contributed by atoms with Crippen LogP contribution in [-0.2, 0) is 13.0 Å². The highest BCUT2D eigenvalue weighted by molar-refractivity contribution is 7.10. The van der Waals surface area contributed by atoms with E-state index in [1.54, 1.807) is 23.6 Å². The highest BCUT2D eigenvalue weighted by Crippen LogP contribution is 2.32. The first kappa shape index (κ1) is 12.4. The molecule has 0 saturated carbocycles. The lowest BCUT2D eigenvalue weighted by Crippen LogP contribution is -2.30. The van der Waals surface area contributed by atoms with Crippen LogP contribution in [-0.4, -0.2) is 17.4 Å². The number of pyridine rings is 1. The number of thiophene rings is 1. The van der Waals surface area contributed by atoms with Crippen molar-refractivity contribution in [3.63, 3.8) is 0 Å². The molecule has 1 aliphatic rings. The highest BCUT2D eigenvalue weighted by atomic mass is 35.5. The Labute approximate surface area is 120 Å². The number of nitrogen functional groups attached to an aromatic ring is 1. The van der Waals surface area contributed by atoms with E-state index < -0.39 is 0 Å². The number of nitrogens with zero attached hydrogens (tertiary/aromatic N) is 2. The van der Waals surface area contributed by atoms with Crippen molar-refractivity contribution in [1.82, 2.24) is 4.98 Å². The van der Waals surface area contributed by atoms with Crippen LogP contribution in [0.15, 0.2) is 23.7 Å². The molecule has 0 fully saturated rings. The Morgan fingerprint density at radius 1 is 1.47 bits per heavy atom. The maximum Gasteiger partial charge on any atom is 0.148 e. The number of fused-ring (bicyclic) bond motifs is 1. The fourth-order valence-electron chi connectivity index (χ4n) is 2.29. The molecule has 0 amide bonds. The summed E-state index contributed by atoms with van der Waals surface area (Å²) in [5.41, 5.74) is 7.41. The highest BCUT2D eigenvalue weighted by Gasteiger charge is 2.21. The van der Waals surface area contributed by atoms with Crippen LogP contribution in [0.5, 0.6) is 0 Å². The lowest BCUT2D eigenvalue weighted by molar-refractivity contribution is 0.732. The van der Waals surface area contributed by atoms with Crippen LogP contribution in [0.1, 0.15) is 16.0 Å². The topological polar surface area (TPSA) is 66.0 Å². The van der Waals surface area contributed by atoms with Gasteiger partial charge >= 0.3 is 0 Å². The summed E-state index contributed by atoms with van der Waals surface area (Å²) in [4.78, 5) is 7.93. The number of hydrogen-bond donors (Lipinski definition) is 2. The second kappa shape index (κ2) is 4.83. The predicted molar refractivity (Wildman–Crippen MR) is 79.3 cm³/mol. The first-order chi connectivity index (χ1) is 9.16. The Bertz CT molecular complexity index is 637. The van der Waals surface area contributed by atoms with E-state index in [4.69, 9.17) is 22.7 Å². The molecule has 3 heterocycles. The standard InChI is InChI=1S/C13H13ClN4S/c14-11-9(12(15)16)1-4-17-13(11)18-5-2-10-8(7-18)3-6-19-10/h1,3-4,6H,2,5,7H2,(H3,15,16). The summed E-state index contributed by atoms with van der Waals surface area (Å²) in [6, 6.07) is 3.82. The monoisotopic (exact) mass is 292 g/mol. The normalized spacial score (nSPS) is 14.3. The van der Waals surface area contributed by atoms with Crippen molar-refractivity contribution >= 4 is 34.6 Å². The fraction of sp³-hybridized carbons (Fsp3) is 0.231. The second-order valence-corrected chi connectivity index (χ2v) is 5.83. The number of hydrogen-bond acceptors (Lipinski definition) is 4. The summed E-state index contributed by atoms with van der Waals surface area (Å²) >= 11 is 8.12. The van der Waals surface area contributed by atoms with Gasteiger partial charge in [0.1, 0.15) is 11.7 Å². The van der Waals surface area contributed by atoms with Gasteiger partial charge in [-0.05, 0) is 29.5 Å². The van der Waals surface area contributed by atoms with Crippen molar-refractivity contribution in [3.8, 4) is 0 Å². The molecule has 2 aromatic rings. The zero-order valence-electron chi connectivity index (χ0n) is 10.2. The van der Waals surface area contributed by atoms with Crippen LogP contribution >= 0.6 is 22.9 Å². The summed E-state index contributed by atoms with van der Waals surface area (Å²) in [5, 5.41) is 10.1. The molecule has 19 heavy (non-hydrogen) atoms. The molecule has 4 nitrogen and oxygen atoms in total. The number of nitrogens with two attached hydrogens (primary N) is 1. The molecule has 0 saturated heterocycles. The van der Waals surface area contributed by atoms with E-state index in [9.17, 15) is 0 Å². The Morgan fingerprint density at radius 3 is 3.11 bits per heavy atom. The van der Waals surface area contributed by atoms with Gasteiger partial charge in [0.05, 0.1) is 5.02 Å². The smallest absolute Gasteiger partial charge is 0.148 e. The van der Waals surface area contributed by atoms with Gasteiger partial charge < -0.3 is 10.6 Å². The van der Waals surface area contributed by atoms with Gasteiger partial charge in [-0.3, -0.25) is 5.41 Å². The minimum Gasteiger partial charge on any atom is -0.384 e. The van der Waals surface area contributed by atoms with Crippen molar-refractivity contribution < 1.29 is 0 Å². The van der Waals surface area contributed by atoms with Gasteiger partial charge in [-0.1, -0.05) is 11.6 Å². The minimum absolute atomic E-state index is 0.0260. The molecule has 3 rings (SSSR count). The maximum absolute atomic E-state index is 7.53. The predicted octanol–water partition coefficient (Wildman–Crippen LogP) is 2.64. The van der Waals surface area contributed by atoms with Gasteiger partial charge in [0.2, 0.25) is 0 Å². The molecule has 98 valence electrons. The number of nitrogens with one attached hydrogen (secondary N) is 1. The number of rotatable bonds is 2. The van der Waals surface area contributed by atoms with E-state index in [2.05, 4.69) is 21.3 Å². The van der Waals surface area contributed by atoms with E-state index in [0.717, 1.165) is 19.5 Å². The second-order valence-electron chi connectivity index (χ2n) is 4.45. The van der Waals surface area contributed by atoms with E-state index in [1.165, 1.54) is 10.4 Å². The summed E-state index contributed by atoms with van der Waals surface area (Å²) in [7, 11) is 0. The van der Waals surface area contributed by atoms with Gasteiger partial charge in [-0.2, -0.15) is 0 Å². The number of aromatic nitrogens is 1. The zero-order chi connectivity index (χ0) is 13.4. The molecule has 0 unspecified atom stereocenters. The van der Waals surface area contributed by atoms with Gasteiger partial charge in [0, 0.05) is 29.7 Å². The summed E-state index contributed by atoms with van der Waals surface area (Å²) in [6.07, 6.45) is 2.66. The average Bonchev–Trinajstić information content (AvgIpc) is 2.85. The van der Waals surface area contributed by atoms with Gasteiger partial charge in [0.25, 0.3) is 0 Å². The number of amidine groups is 1. The lowest BCUT2D eigenvalue weighted by atomic mass is 10.1. The maximum atomic E-state index is 7.53. The van der Waals surface area contributed by atoms with Crippen LogP contribution in [0.25, 0.3) is 0 Å². The molecule has 0 spiro atoms. The SMILES string of the molecule is N=C(N)c1ccnc(N2CCc3sccc3C2)c1Cl. The van der Waals surface area contributed by atoms with Crippen molar-refractivity contribution in [2.24, 2.45) is 5.73 Å². The lowest BCUT2D eigenvalue weighted by Gasteiger charge is -2.29. The summed E-state index contributed by atoms with van der Waals surface area (Å²) in [5.74, 6) is 0.688.